The number of nitrogens with zero attached hydrogens (tertiary/aromatic N) is 2. The van der Waals surface area contributed by atoms with E-state index in [-0.39, 0.29) is 0 Å². The van der Waals surface area contributed by atoms with E-state index in [1.54, 1.807) is 40.2 Å². The maximum Gasteiger partial charge on any atom is 0.119 e. The average Bonchev–Trinajstić information content (AvgIpc) is 3.19. The van der Waals surface area contributed by atoms with Crippen LogP contribution in [0.3, 0.4) is 0 Å². The molecule has 0 fully saturated rings. The molecule has 0 unspecified atom stereocenters. The van der Waals surface area contributed by atoms with Gasteiger partial charge in [-0.05, 0) is 146 Å². The molecule has 0 amide bonds. The Morgan fingerprint density at radius 2 is 0.620 bits per heavy atom. The first kappa shape index (κ1) is 34.1. The summed E-state index contributed by atoms with van der Waals surface area (Å²) in [6.45, 7) is 0.580. The molecule has 0 atom stereocenters. The second-order valence-electron chi connectivity index (χ2n) is 11.1. The molecular formula is C42H40N2O5S. The fraction of sp³-hybridized carbons (Fsp3) is 0.143. The van der Waals surface area contributed by atoms with Gasteiger partial charge in [-0.3, -0.25) is 0 Å². The molecular weight excluding hydrogens is 645 g/mol. The van der Waals surface area contributed by atoms with Gasteiger partial charge in [-0.15, -0.1) is 11.8 Å². The molecule has 6 aromatic carbocycles. The number of ether oxygens (including phenoxy) is 5. The van der Waals surface area contributed by atoms with Crippen molar-refractivity contribution in [2.75, 3.05) is 50.6 Å². The molecule has 0 spiro atoms. The van der Waals surface area contributed by atoms with E-state index in [1.165, 1.54) is 4.90 Å². The zero-order chi connectivity index (χ0) is 34.7. The highest BCUT2D eigenvalue weighted by molar-refractivity contribution is 7.99. The summed E-state index contributed by atoms with van der Waals surface area (Å²) in [5, 5.41) is 0. The normalized spacial score (nSPS) is 10.6. The van der Waals surface area contributed by atoms with E-state index in [1.807, 2.05) is 84.9 Å². The molecule has 0 saturated heterocycles. The Bertz CT molecular complexity index is 1680. The van der Waals surface area contributed by atoms with Crippen molar-refractivity contribution in [1.82, 2.24) is 0 Å². The van der Waals surface area contributed by atoms with Crippen molar-refractivity contribution < 1.29 is 23.7 Å². The van der Waals surface area contributed by atoms with Gasteiger partial charge < -0.3 is 33.5 Å². The molecule has 0 aromatic heterocycles. The summed E-state index contributed by atoms with van der Waals surface area (Å²) in [5.74, 6) is 4.89. The van der Waals surface area contributed by atoms with E-state index >= 15 is 0 Å². The smallest absolute Gasteiger partial charge is 0.119 e. The van der Waals surface area contributed by atoms with Crippen molar-refractivity contribution in [3.05, 3.63) is 146 Å². The van der Waals surface area contributed by atoms with Gasteiger partial charge in [-0.2, -0.15) is 0 Å². The SMILES string of the molecule is COc1ccc(N(c2ccc(OC)cc2)c2ccc(OCCSc3ccc(N(c4ccc(OC)cc4)c4ccc(OC)cc4)cc3)cc2)cc1. The Morgan fingerprint density at radius 1 is 0.360 bits per heavy atom. The quantitative estimate of drug-likeness (QED) is 0.0783. The minimum absolute atomic E-state index is 0.580. The number of thioether (sulfide) groups is 1. The van der Waals surface area contributed by atoms with Crippen molar-refractivity contribution in [3.8, 4) is 28.7 Å². The van der Waals surface area contributed by atoms with Crippen LogP contribution in [0.2, 0.25) is 0 Å². The van der Waals surface area contributed by atoms with Gasteiger partial charge in [0.1, 0.15) is 28.7 Å². The molecule has 0 heterocycles. The third-order valence-corrected chi connectivity index (χ3v) is 9.11. The van der Waals surface area contributed by atoms with Crippen LogP contribution in [-0.2, 0) is 0 Å². The zero-order valence-corrected chi connectivity index (χ0v) is 29.4. The molecule has 0 bridgehead atoms. The summed E-state index contributed by atoms with van der Waals surface area (Å²) in [7, 11) is 6.70. The monoisotopic (exact) mass is 684 g/mol. The van der Waals surface area contributed by atoms with E-state index in [9.17, 15) is 0 Å². The maximum absolute atomic E-state index is 6.15. The van der Waals surface area contributed by atoms with Crippen LogP contribution in [-0.4, -0.2) is 40.8 Å². The Balaban J connectivity index is 1.09. The van der Waals surface area contributed by atoms with Crippen LogP contribution < -0.4 is 33.5 Å². The first-order valence-corrected chi connectivity index (χ1v) is 17.2. The van der Waals surface area contributed by atoms with Crippen molar-refractivity contribution >= 4 is 45.9 Å². The minimum Gasteiger partial charge on any atom is -0.497 e. The second-order valence-corrected chi connectivity index (χ2v) is 12.3. The van der Waals surface area contributed by atoms with Crippen LogP contribution in [0.5, 0.6) is 28.7 Å². The summed E-state index contributed by atoms with van der Waals surface area (Å²) >= 11 is 1.76. The third-order valence-electron chi connectivity index (χ3n) is 8.13. The summed E-state index contributed by atoms with van der Waals surface area (Å²) in [6.07, 6.45) is 0. The largest absolute Gasteiger partial charge is 0.497 e. The van der Waals surface area contributed by atoms with Gasteiger partial charge in [0.15, 0.2) is 0 Å². The van der Waals surface area contributed by atoms with Crippen LogP contribution in [0.25, 0.3) is 0 Å². The third kappa shape index (κ3) is 8.28. The van der Waals surface area contributed by atoms with Gasteiger partial charge >= 0.3 is 0 Å². The Morgan fingerprint density at radius 3 is 0.900 bits per heavy atom. The fourth-order valence-corrected chi connectivity index (χ4v) is 6.25. The number of benzene rings is 6. The molecule has 50 heavy (non-hydrogen) atoms. The molecule has 0 N–H and O–H groups in total. The Labute approximate surface area is 298 Å². The molecule has 6 rings (SSSR count). The average molecular weight is 685 g/mol. The highest BCUT2D eigenvalue weighted by atomic mass is 32.2. The topological polar surface area (TPSA) is 52.6 Å². The van der Waals surface area contributed by atoms with Crippen LogP contribution in [0.4, 0.5) is 34.1 Å². The Hall–Kier alpha value is -5.73. The van der Waals surface area contributed by atoms with Crippen molar-refractivity contribution in [3.63, 3.8) is 0 Å². The molecule has 6 aromatic rings. The number of anilines is 6. The molecule has 0 radical (unpaired) electrons. The summed E-state index contributed by atoms with van der Waals surface area (Å²) in [4.78, 5) is 5.57. The lowest BCUT2D eigenvalue weighted by Crippen LogP contribution is -2.10. The van der Waals surface area contributed by atoms with Gasteiger partial charge in [0.2, 0.25) is 0 Å². The molecule has 254 valence electrons. The van der Waals surface area contributed by atoms with Crippen molar-refractivity contribution in [2.45, 2.75) is 4.90 Å². The van der Waals surface area contributed by atoms with E-state index in [4.69, 9.17) is 23.7 Å². The zero-order valence-electron chi connectivity index (χ0n) is 28.6. The maximum atomic E-state index is 6.15. The summed E-state index contributed by atoms with van der Waals surface area (Å²) < 4.78 is 27.7. The highest BCUT2D eigenvalue weighted by Gasteiger charge is 2.15. The standard InChI is InChI=1S/C42H40N2O5S/c1-45-37-17-5-31(6-18-37)43(32-7-19-38(46-2)20-8-32)35-13-25-41(26-14-35)49-29-30-50-42-27-15-36(16-28-42)44(33-9-21-39(47-3)22-10-33)34-11-23-40(48-4)24-12-34/h5-28H,29-30H2,1-4H3. The molecule has 0 aliphatic carbocycles. The van der Waals surface area contributed by atoms with Crippen molar-refractivity contribution in [2.24, 2.45) is 0 Å². The predicted octanol–water partition coefficient (Wildman–Crippen LogP) is 10.8. The molecule has 8 heteroatoms. The lowest BCUT2D eigenvalue weighted by Gasteiger charge is -2.26. The van der Waals surface area contributed by atoms with Gasteiger partial charge in [0.05, 0.1) is 35.0 Å². The Kier molecular flexibility index (Phi) is 11.3. The molecule has 0 saturated carbocycles. The van der Waals surface area contributed by atoms with E-state index < -0.39 is 0 Å². The summed E-state index contributed by atoms with van der Waals surface area (Å²) in [5.41, 5.74) is 6.17. The predicted molar refractivity (Wildman–Crippen MR) is 205 cm³/mol. The molecule has 0 aliphatic rings. The first-order chi connectivity index (χ1) is 24.6. The highest BCUT2D eigenvalue weighted by Crippen LogP contribution is 2.38. The summed E-state index contributed by atoms with van der Waals surface area (Å²) in [6, 6.07) is 49.0. The van der Waals surface area contributed by atoms with E-state index in [0.29, 0.717) is 6.61 Å². The number of hydrogen-bond acceptors (Lipinski definition) is 8. The fourth-order valence-electron chi connectivity index (χ4n) is 5.52. The van der Waals surface area contributed by atoms with Gasteiger partial charge in [0, 0.05) is 44.8 Å². The van der Waals surface area contributed by atoms with Crippen LogP contribution in [0, 0.1) is 0 Å². The van der Waals surface area contributed by atoms with E-state index in [0.717, 1.165) is 68.6 Å². The second kappa shape index (κ2) is 16.6. The molecule has 7 nitrogen and oxygen atoms in total. The van der Waals surface area contributed by atoms with Gasteiger partial charge in [-0.1, -0.05) is 0 Å². The van der Waals surface area contributed by atoms with Gasteiger partial charge in [-0.25, -0.2) is 0 Å². The lowest BCUT2D eigenvalue weighted by molar-refractivity contribution is 0.344. The lowest BCUT2D eigenvalue weighted by atomic mass is 10.2. The molecule has 0 aliphatic heterocycles. The minimum atomic E-state index is 0.580. The number of methoxy groups -OCH3 is 4. The van der Waals surface area contributed by atoms with Crippen molar-refractivity contribution in [1.29, 1.82) is 0 Å². The number of rotatable bonds is 15. The van der Waals surface area contributed by atoms with Crippen LogP contribution >= 0.6 is 11.8 Å². The van der Waals surface area contributed by atoms with Gasteiger partial charge in [0.25, 0.3) is 0 Å². The number of hydrogen-bond donors (Lipinski definition) is 0. The first-order valence-electron chi connectivity index (χ1n) is 16.2. The van der Waals surface area contributed by atoms with Crippen LogP contribution in [0.15, 0.2) is 150 Å². The van der Waals surface area contributed by atoms with E-state index in [2.05, 4.69) is 70.5 Å². The van der Waals surface area contributed by atoms with Crippen LogP contribution in [0.1, 0.15) is 0 Å².